The number of carbonyl (C=O) groups is 1. The molecule has 0 aliphatic heterocycles. The smallest absolute Gasteiger partial charge is 0.234 e. The third kappa shape index (κ3) is 4.48. The number of anilines is 1. The Balaban J connectivity index is 1.72. The SMILES string of the molecule is CCn1c(SCC(=O)Nc2ccccc2OC)nnc1-c1ccc(C)c(Cl)c1. The van der Waals surface area contributed by atoms with Gasteiger partial charge in [-0.05, 0) is 37.6 Å². The maximum Gasteiger partial charge on any atom is 0.234 e. The largest absolute Gasteiger partial charge is 0.495 e. The zero-order valence-corrected chi connectivity index (χ0v) is 17.5. The molecule has 3 rings (SSSR count). The fourth-order valence-corrected chi connectivity index (χ4v) is 3.67. The van der Waals surface area contributed by atoms with Gasteiger partial charge in [-0.2, -0.15) is 0 Å². The number of benzene rings is 2. The Bertz CT molecular complexity index is 990. The molecular formula is C20H21ClN4O2S. The van der Waals surface area contributed by atoms with Gasteiger partial charge in [-0.1, -0.05) is 47.6 Å². The van der Waals surface area contributed by atoms with E-state index in [1.807, 2.05) is 48.7 Å². The van der Waals surface area contributed by atoms with E-state index in [2.05, 4.69) is 15.5 Å². The van der Waals surface area contributed by atoms with Crippen LogP contribution in [0.1, 0.15) is 12.5 Å². The van der Waals surface area contributed by atoms with E-state index < -0.39 is 0 Å². The van der Waals surface area contributed by atoms with Crippen molar-refractivity contribution in [1.82, 2.24) is 14.8 Å². The average molecular weight is 417 g/mol. The molecule has 0 unspecified atom stereocenters. The number of nitrogens with one attached hydrogen (secondary N) is 1. The standard InChI is InChI=1S/C20H21ClN4O2S/c1-4-25-19(14-10-9-13(2)15(21)11-14)23-24-20(25)28-12-18(26)22-16-7-5-6-8-17(16)27-3/h5-11H,4,12H2,1-3H3,(H,22,26). The summed E-state index contributed by atoms with van der Waals surface area (Å²) in [5.74, 6) is 1.43. The van der Waals surface area contributed by atoms with Crippen molar-refractivity contribution < 1.29 is 9.53 Å². The summed E-state index contributed by atoms with van der Waals surface area (Å²) in [6.45, 7) is 4.66. The number of hydrogen-bond donors (Lipinski definition) is 1. The number of carbonyl (C=O) groups excluding carboxylic acids is 1. The number of nitrogens with zero attached hydrogens (tertiary/aromatic N) is 3. The van der Waals surface area contributed by atoms with Crippen LogP contribution in [-0.2, 0) is 11.3 Å². The molecule has 0 aliphatic rings. The molecular weight excluding hydrogens is 396 g/mol. The monoisotopic (exact) mass is 416 g/mol. The number of thioether (sulfide) groups is 1. The van der Waals surface area contributed by atoms with E-state index >= 15 is 0 Å². The summed E-state index contributed by atoms with van der Waals surface area (Å²) in [6.07, 6.45) is 0. The molecule has 0 radical (unpaired) electrons. The quantitative estimate of drug-likeness (QED) is 0.567. The number of hydrogen-bond acceptors (Lipinski definition) is 5. The van der Waals surface area contributed by atoms with Crippen molar-refractivity contribution in [3.8, 4) is 17.1 Å². The topological polar surface area (TPSA) is 69.0 Å². The second-order valence-electron chi connectivity index (χ2n) is 6.05. The lowest BCUT2D eigenvalue weighted by Crippen LogP contribution is -2.15. The van der Waals surface area contributed by atoms with E-state index in [9.17, 15) is 4.79 Å². The molecule has 0 aliphatic carbocycles. The molecule has 8 heteroatoms. The molecule has 1 aromatic heterocycles. The predicted octanol–water partition coefficient (Wildman–Crippen LogP) is 4.67. The van der Waals surface area contributed by atoms with Crippen molar-refractivity contribution in [1.29, 1.82) is 0 Å². The molecule has 146 valence electrons. The molecule has 6 nitrogen and oxygen atoms in total. The van der Waals surface area contributed by atoms with Crippen LogP contribution < -0.4 is 10.1 Å². The molecule has 0 bridgehead atoms. The van der Waals surface area contributed by atoms with Crippen LogP contribution in [0.5, 0.6) is 5.75 Å². The van der Waals surface area contributed by atoms with Gasteiger partial charge in [0.25, 0.3) is 0 Å². The van der Waals surface area contributed by atoms with Gasteiger partial charge in [0.05, 0.1) is 18.6 Å². The molecule has 1 amide bonds. The van der Waals surface area contributed by atoms with Crippen molar-refractivity contribution in [2.45, 2.75) is 25.5 Å². The van der Waals surface area contributed by atoms with Crippen molar-refractivity contribution in [3.63, 3.8) is 0 Å². The highest BCUT2D eigenvalue weighted by molar-refractivity contribution is 7.99. The lowest BCUT2D eigenvalue weighted by atomic mass is 10.1. The van der Waals surface area contributed by atoms with Gasteiger partial charge in [0.1, 0.15) is 5.75 Å². The fraction of sp³-hybridized carbons (Fsp3) is 0.250. The lowest BCUT2D eigenvalue weighted by molar-refractivity contribution is -0.113. The summed E-state index contributed by atoms with van der Waals surface area (Å²) >= 11 is 7.58. The Morgan fingerprint density at radius 3 is 2.75 bits per heavy atom. The Hall–Kier alpha value is -2.51. The number of ether oxygens (including phenoxy) is 1. The van der Waals surface area contributed by atoms with E-state index in [4.69, 9.17) is 16.3 Å². The maximum absolute atomic E-state index is 12.4. The molecule has 0 spiro atoms. The number of para-hydroxylation sites is 2. The van der Waals surface area contributed by atoms with Crippen LogP contribution in [0.2, 0.25) is 5.02 Å². The third-order valence-corrected chi connectivity index (χ3v) is 5.55. The summed E-state index contributed by atoms with van der Waals surface area (Å²) in [5.41, 5.74) is 2.55. The maximum atomic E-state index is 12.4. The van der Waals surface area contributed by atoms with E-state index in [1.165, 1.54) is 11.8 Å². The number of halogens is 1. The molecule has 0 saturated carbocycles. The van der Waals surface area contributed by atoms with Crippen LogP contribution >= 0.6 is 23.4 Å². The average Bonchev–Trinajstić information content (AvgIpc) is 3.12. The molecule has 0 atom stereocenters. The van der Waals surface area contributed by atoms with E-state index in [0.717, 1.165) is 17.0 Å². The predicted molar refractivity (Wildman–Crippen MR) is 113 cm³/mol. The van der Waals surface area contributed by atoms with Crippen molar-refractivity contribution in [3.05, 3.63) is 53.1 Å². The second-order valence-corrected chi connectivity index (χ2v) is 7.40. The van der Waals surface area contributed by atoms with Gasteiger partial charge in [-0.25, -0.2) is 0 Å². The van der Waals surface area contributed by atoms with E-state index in [0.29, 0.717) is 28.2 Å². The van der Waals surface area contributed by atoms with Crippen LogP contribution in [0.25, 0.3) is 11.4 Å². The summed E-state index contributed by atoms with van der Waals surface area (Å²) < 4.78 is 7.23. The van der Waals surface area contributed by atoms with E-state index in [-0.39, 0.29) is 11.7 Å². The van der Waals surface area contributed by atoms with Gasteiger partial charge < -0.3 is 14.6 Å². The van der Waals surface area contributed by atoms with Crippen molar-refractivity contribution in [2.75, 3.05) is 18.2 Å². The number of aryl methyl sites for hydroxylation is 1. The first-order valence-electron chi connectivity index (χ1n) is 8.78. The van der Waals surface area contributed by atoms with Crippen molar-refractivity contribution in [2.24, 2.45) is 0 Å². The lowest BCUT2D eigenvalue weighted by Gasteiger charge is -2.10. The summed E-state index contributed by atoms with van der Waals surface area (Å²) in [4.78, 5) is 12.4. The van der Waals surface area contributed by atoms with E-state index in [1.54, 1.807) is 19.2 Å². The summed E-state index contributed by atoms with van der Waals surface area (Å²) in [7, 11) is 1.57. The second kappa shape index (κ2) is 9.12. The Labute approximate surface area is 173 Å². The molecule has 28 heavy (non-hydrogen) atoms. The van der Waals surface area contributed by atoms with Gasteiger partial charge in [-0.3, -0.25) is 4.79 Å². The van der Waals surface area contributed by atoms with Crippen LogP contribution in [0, 0.1) is 6.92 Å². The highest BCUT2D eigenvalue weighted by Gasteiger charge is 2.16. The number of aromatic nitrogens is 3. The Kier molecular flexibility index (Phi) is 6.59. The zero-order valence-electron chi connectivity index (χ0n) is 15.9. The molecule has 0 saturated heterocycles. The zero-order chi connectivity index (χ0) is 20.1. The highest BCUT2D eigenvalue weighted by atomic mass is 35.5. The Morgan fingerprint density at radius 2 is 2.04 bits per heavy atom. The van der Waals surface area contributed by atoms with Gasteiger partial charge >= 0.3 is 0 Å². The first kappa shape index (κ1) is 20.2. The van der Waals surface area contributed by atoms with Crippen LogP contribution in [0.3, 0.4) is 0 Å². The van der Waals surface area contributed by atoms with Crippen LogP contribution in [0.4, 0.5) is 5.69 Å². The van der Waals surface area contributed by atoms with Gasteiger partial charge in [0, 0.05) is 17.1 Å². The minimum atomic E-state index is -0.139. The number of methoxy groups -OCH3 is 1. The minimum absolute atomic E-state index is 0.139. The number of amides is 1. The van der Waals surface area contributed by atoms with Gasteiger partial charge in [-0.15, -0.1) is 10.2 Å². The van der Waals surface area contributed by atoms with Crippen molar-refractivity contribution >= 4 is 35.0 Å². The minimum Gasteiger partial charge on any atom is -0.495 e. The molecule has 0 fully saturated rings. The van der Waals surface area contributed by atoms with Gasteiger partial charge in [0.2, 0.25) is 5.91 Å². The fourth-order valence-electron chi connectivity index (χ4n) is 2.69. The highest BCUT2D eigenvalue weighted by Crippen LogP contribution is 2.28. The third-order valence-electron chi connectivity index (χ3n) is 4.18. The molecule has 3 aromatic rings. The Morgan fingerprint density at radius 1 is 1.25 bits per heavy atom. The molecule has 2 aromatic carbocycles. The van der Waals surface area contributed by atoms with Crippen LogP contribution in [0.15, 0.2) is 47.6 Å². The summed E-state index contributed by atoms with van der Waals surface area (Å²) in [6, 6.07) is 13.1. The normalized spacial score (nSPS) is 10.7. The first-order valence-corrected chi connectivity index (χ1v) is 10.1. The van der Waals surface area contributed by atoms with Gasteiger partial charge in [0.15, 0.2) is 11.0 Å². The molecule has 1 heterocycles. The number of rotatable bonds is 7. The first-order chi connectivity index (χ1) is 13.5. The van der Waals surface area contributed by atoms with Crippen LogP contribution in [-0.4, -0.2) is 33.5 Å². The summed E-state index contributed by atoms with van der Waals surface area (Å²) in [5, 5.41) is 12.8. The molecule has 1 N–H and O–H groups in total.